The Balaban J connectivity index is 1.67. The number of carbonyl (C=O) groups is 1. The maximum atomic E-state index is 14.1. The first-order valence-electron chi connectivity index (χ1n) is 9.69. The second-order valence-electron chi connectivity index (χ2n) is 7.21. The monoisotopic (exact) mass is 498 g/mol. The quantitative estimate of drug-likeness (QED) is 0.562. The summed E-state index contributed by atoms with van der Waals surface area (Å²) in [4.78, 5) is 18.8. The third kappa shape index (κ3) is 4.96. The molecule has 3 aromatic rings. The number of aromatic nitrogens is 2. The Bertz CT molecular complexity index is 1250. The van der Waals surface area contributed by atoms with Gasteiger partial charge >= 0.3 is 0 Å². The van der Waals surface area contributed by atoms with Crippen LogP contribution >= 0.6 is 22.9 Å². The van der Waals surface area contributed by atoms with Gasteiger partial charge in [0.25, 0.3) is 10.0 Å². The van der Waals surface area contributed by atoms with Gasteiger partial charge < -0.3 is 14.2 Å². The number of nitrogens with one attached hydrogen (secondary N) is 1. The summed E-state index contributed by atoms with van der Waals surface area (Å²) in [7, 11) is -4.13. The van der Waals surface area contributed by atoms with Crippen molar-refractivity contribution in [3.8, 4) is 10.7 Å². The van der Waals surface area contributed by atoms with Crippen molar-refractivity contribution in [1.29, 1.82) is 0 Å². The predicted octanol–water partition coefficient (Wildman–Crippen LogP) is 3.37. The van der Waals surface area contributed by atoms with Gasteiger partial charge in [-0.3, -0.25) is 9.52 Å². The molecule has 1 N–H and O–H groups in total. The molecule has 1 saturated heterocycles. The van der Waals surface area contributed by atoms with Crippen LogP contribution in [0.15, 0.2) is 40.7 Å². The highest BCUT2D eigenvalue weighted by Crippen LogP contribution is 2.29. The summed E-state index contributed by atoms with van der Waals surface area (Å²) in [6.45, 7) is 3.66. The van der Waals surface area contributed by atoms with Crippen molar-refractivity contribution >= 4 is 44.6 Å². The van der Waals surface area contributed by atoms with E-state index in [-0.39, 0.29) is 28.1 Å². The van der Waals surface area contributed by atoms with Crippen molar-refractivity contribution in [3.63, 3.8) is 0 Å². The molecule has 3 heterocycles. The van der Waals surface area contributed by atoms with Crippen molar-refractivity contribution in [2.45, 2.75) is 18.4 Å². The van der Waals surface area contributed by atoms with Gasteiger partial charge in [-0.15, -0.1) is 11.3 Å². The van der Waals surface area contributed by atoms with Crippen LogP contribution in [0.4, 0.5) is 10.1 Å². The summed E-state index contributed by atoms with van der Waals surface area (Å²) in [5, 5.41) is 2.57. The average Bonchev–Trinajstić information content (AvgIpc) is 3.37. The minimum absolute atomic E-state index is 0.0568. The first-order valence-corrected chi connectivity index (χ1v) is 12.4. The van der Waals surface area contributed by atoms with E-state index in [4.69, 9.17) is 16.3 Å². The van der Waals surface area contributed by atoms with Crippen molar-refractivity contribution in [2.75, 3.05) is 31.0 Å². The van der Waals surface area contributed by atoms with Crippen molar-refractivity contribution < 1.29 is 22.3 Å². The van der Waals surface area contributed by atoms with Crippen LogP contribution in [0.2, 0.25) is 5.02 Å². The molecule has 4 rings (SSSR count). The molecule has 0 atom stereocenters. The topological polar surface area (TPSA) is 93.5 Å². The SMILES string of the molecule is Cc1csc(-c2cc(S(=O)(=O)Nc3ccc(Cl)cc3F)cn2CC(=O)N2CCOCC2)n1. The fourth-order valence-electron chi connectivity index (χ4n) is 3.25. The van der Waals surface area contributed by atoms with Gasteiger partial charge in [0, 0.05) is 35.4 Å². The Hall–Kier alpha value is -2.47. The van der Waals surface area contributed by atoms with E-state index in [0.29, 0.717) is 37.0 Å². The number of ether oxygens (including phenoxy) is 1. The van der Waals surface area contributed by atoms with Crippen LogP contribution in [0.5, 0.6) is 0 Å². The fraction of sp³-hybridized carbons (Fsp3) is 0.300. The number of carbonyl (C=O) groups excluding carboxylic acids is 1. The molecule has 1 aliphatic heterocycles. The summed E-state index contributed by atoms with van der Waals surface area (Å²) < 4.78 is 49.2. The zero-order valence-electron chi connectivity index (χ0n) is 17.0. The summed E-state index contributed by atoms with van der Waals surface area (Å²) in [6, 6.07) is 5.09. The Kier molecular flexibility index (Phi) is 6.52. The number of benzene rings is 1. The Morgan fingerprint density at radius 2 is 2.06 bits per heavy atom. The van der Waals surface area contributed by atoms with Gasteiger partial charge in [-0.2, -0.15) is 0 Å². The van der Waals surface area contributed by atoms with Gasteiger partial charge in [0.15, 0.2) is 0 Å². The Labute approximate surface area is 193 Å². The van der Waals surface area contributed by atoms with Crippen LogP contribution in [-0.2, 0) is 26.1 Å². The molecule has 0 radical (unpaired) electrons. The summed E-state index contributed by atoms with van der Waals surface area (Å²) in [6.07, 6.45) is 1.36. The molecular formula is C20H20ClFN4O4S2. The van der Waals surface area contributed by atoms with Crippen LogP contribution in [0.25, 0.3) is 10.7 Å². The zero-order chi connectivity index (χ0) is 22.9. The summed E-state index contributed by atoms with van der Waals surface area (Å²) in [5.74, 6) is -0.946. The highest BCUT2D eigenvalue weighted by atomic mass is 35.5. The molecule has 2 aromatic heterocycles. The predicted molar refractivity (Wildman–Crippen MR) is 120 cm³/mol. The molecule has 12 heteroatoms. The number of anilines is 1. The lowest BCUT2D eigenvalue weighted by atomic mass is 10.3. The second-order valence-corrected chi connectivity index (χ2v) is 10.2. The maximum Gasteiger partial charge on any atom is 0.263 e. The highest BCUT2D eigenvalue weighted by molar-refractivity contribution is 7.92. The number of thiazole rings is 1. The van der Waals surface area contributed by atoms with Crippen molar-refractivity contribution in [3.05, 3.63) is 52.4 Å². The molecular weight excluding hydrogens is 479 g/mol. The van der Waals surface area contributed by atoms with E-state index in [9.17, 15) is 17.6 Å². The Morgan fingerprint density at radius 1 is 1.31 bits per heavy atom. The zero-order valence-corrected chi connectivity index (χ0v) is 19.4. The number of nitrogens with zero attached hydrogens (tertiary/aromatic N) is 3. The number of morpholine rings is 1. The molecule has 1 amide bonds. The van der Waals surface area contributed by atoms with Crippen molar-refractivity contribution in [2.24, 2.45) is 0 Å². The van der Waals surface area contributed by atoms with E-state index < -0.39 is 15.8 Å². The summed E-state index contributed by atoms with van der Waals surface area (Å²) >= 11 is 7.09. The molecule has 8 nitrogen and oxygen atoms in total. The van der Waals surface area contributed by atoms with Crippen LogP contribution in [-0.4, -0.2) is 55.1 Å². The minimum atomic E-state index is -4.13. The highest BCUT2D eigenvalue weighted by Gasteiger charge is 2.24. The first-order chi connectivity index (χ1) is 15.2. The van der Waals surface area contributed by atoms with E-state index in [1.165, 1.54) is 35.7 Å². The largest absolute Gasteiger partial charge is 0.378 e. The number of halogens is 2. The van der Waals surface area contributed by atoms with E-state index >= 15 is 0 Å². The number of amides is 1. The molecule has 0 bridgehead atoms. The van der Waals surface area contributed by atoms with Gasteiger partial charge in [0.1, 0.15) is 22.3 Å². The van der Waals surface area contributed by atoms with Crippen LogP contribution in [0.1, 0.15) is 5.69 Å². The maximum absolute atomic E-state index is 14.1. The standard InChI is InChI=1S/C20H20ClFN4O4S2/c1-13-12-31-20(23-13)18-9-15(10-26(18)11-19(27)25-4-6-30-7-5-25)32(28,29)24-17-3-2-14(21)8-16(17)22/h2-3,8-10,12,24H,4-7,11H2,1H3. The number of aryl methyl sites for hydroxylation is 1. The summed E-state index contributed by atoms with van der Waals surface area (Å²) in [5.41, 5.74) is 1.04. The second kappa shape index (κ2) is 9.18. The van der Waals surface area contributed by atoms with E-state index in [1.807, 2.05) is 12.3 Å². The van der Waals surface area contributed by atoms with Gasteiger partial charge in [-0.25, -0.2) is 17.8 Å². The number of hydrogen-bond acceptors (Lipinski definition) is 6. The smallest absolute Gasteiger partial charge is 0.263 e. The molecule has 170 valence electrons. The van der Waals surface area contributed by atoms with Crippen molar-refractivity contribution in [1.82, 2.24) is 14.5 Å². The van der Waals surface area contributed by atoms with Gasteiger partial charge in [-0.1, -0.05) is 11.6 Å². The van der Waals surface area contributed by atoms with Crippen LogP contribution in [0.3, 0.4) is 0 Å². The third-order valence-corrected chi connectivity index (χ3v) is 7.42. The van der Waals surface area contributed by atoms with Crippen LogP contribution < -0.4 is 4.72 Å². The molecule has 0 unspecified atom stereocenters. The van der Waals surface area contributed by atoms with Gasteiger partial charge in [-0.05, 0) is 31.2 Å². The molecule has 32 heavy (non-hydrogen) atoms. The molecule has 1 aliphatic rings. The van der Waals surface area contributed by atoms with Crippen LogP contribution in [0, 0.1) is 12.7 Å². The van der Waals surface area contributed by atoms with E-state index in [0.717, 1.165) is 11.8 Å². The lowest BCUT2D eigenvalue weighted by Gasteiger charge is -2.27. The van der Waals surface area contributed by atoms with Gasteiger partial charge in [0.2, 0.25) is 5.91 Å². The van der Waals surface area contributed by atoms with Gasteiger partial charge in [0.05, 0.1) is 24.6 Å². The molecule has 1 aromatic carbocycles. The lowest BCUT2D eigenvalue weighted by molar-refractivity contribution is -0.135. The van der Waals surface area contributed by atoms with E-state index in [1.54, 1.807) is 9.47 Å². The minimum Gasteiger partial charge on any atom is -0.378 e. The Morgan fingerprint density at radius 3 is 2.72 bits per heavy atom. The normalized spacial score (nSPS) is 14.5. The number of sulfonamides is 1. The number of hydrogen-bond donors (Lipinski definition) is 1. The molecule has 0 aliphatic carbocycles. The molecule has 0 saturated carbocycles. The average molecular weight is 499 g/mol. The molecule has 1 fully saturated rings. The van der Waals surface area contributed by atoms with E-state index in [2.05, 4.69) is 9.71 Å². The number of rotatable bonds is 6. The fourth-order valence-corrected chi connectivity index (χ4v) is 5.34. The lowest BCUT2D eigenvalue weighted by Crippen LogP contribution is -2.42. The molecule has 0 spiro atoms. The first kappa shape index (κ1) is 22.7. The third-order valence-electron chi connectivity index (χ3n) is 4.86.